The van der Waals surface area contributed by atoms with E-state index in [2.05, 4.69) is 15.5 Å². The Hall–Kier alpha value is -3.05. The van der Waals surface area contributed by atoms with Crippen molar-refractivity contribution >= 4 is 29.4 Å². The summed E-state index contributed by atoms with van der Waals surface area (Å²) in [5.74, 6) is -0.0497. The van der Waals surface area contributed by atoms with Crippen molar-refractivity contribution in [1.82, 2.24) is 20.0 Å². The largest absolute Gasteiger partial charge is 0.453 e. The summed E-state index contributed by atoms with van der Waals surface area (Å²) >= 11 is 0. The SMILES string of the molecule is COC(=O)Nc1cc(C(=O)N2CCCNCC2)ccc1N1CCCN(C(=O)N2CCOCC2)CC1. The molecular formula is C24H36N6O5. The Morgan fingerprint density at radius 2 is 1.66 bits per heavy atom. The van der Waals surface area contributed by atoms with Crippen LogP contribution >= 0.6 is 0 Å². The van der Waals surface area contributed by atoms with Gasteiger partial charge in [0.2, 0.25) is 0 Å². The molecule has 0 aliphatic carbocycles. The molecule has 3 aliphatic rings. The summed E-state index contributed by atoms with van der Waals surface area (Å²) < 4.78 is 10.2. The predicted molar refractivity (Wildman–Crippen MR) is 132 cm³/mol. The van der Waals surface area contributed by atoms with Crippen LogP contribution in [0.25, 0.3) is 0 Å². The summed E-state index contributed by atoms with van der Waals surface area (Å²) in [6.07, 6.45) is 1.12. The molecular weight excluding hydrogens is 452 g/mol. The number of nitrogens with zero attached hydrogens (tertiary/aromatic N) is 4. The summed E-state index contributed by atoms with van der Waals surface area (Å²) in [6, 6.07) is 5.48. The highest BCUT2D eigenvalue weighted by Crippen LogP contribution is 2.29. The van der Waals surface area contributed by atoms with E-state index in [1.165, 1.54) is 7.11 Å². The molecule has 3 aliphatic heterocycles. The molecule has 1 aromatic carbocycles. The Balaban J connectivity index is 1.49. The van der Waals surface area contributed by atoms with Gasteiger partial charge < -0.3 is 34.4 Å². The number of urea groups is 1. The number of nitrogens with one attached hydrogen (secondary N) is 2. The first-order valence-corrected chi connectivity index (χ1v) is 12.4. The number of carbonyl (C=O) groups excluding carboxylic acids is 3. The van der Waals surface area contributed by atoms with E-state index in [0.717, 1.165) is 38.2 Å². The van der Waals surface area contributed by atoms with Crippen molar-refractivity contribution in [2.75, 3.05) is 96.0 Å². The molecule has 0 atom stereocenters. The molecule has 1 aromatic rings. The molecule has 3 heterocycles. The molecule has 0 saturated carbocycles. The lowest BCUT2D eigenvalue weighted by atomic mass is 10.1. The van der Waals surface area contributed by atoms with Crippen LogP contribution in [0.2, 0.25) is 0 Å². The van der Waals surface area contributed by atoms with Crippen molar-refractivity contribution in [1.29, 1.82) is 0 Å². The van der Waals surface area contributed by atoms with E-state index in [4.69, 9.17) is 9.47 Å². The van der Waals surface area contributed by atoms with Gasteiger partial charge >= 0.3 is 12.1 Å². The second-order valence-electron chi connectivity index (χ2n) is 8.95. The van der Waals surface area contributed by atoms with Gasteiger partial charge in [-0.1, -0.05) is 0 Å². The first-order chi connectivity index (χ1) is 17.1. The van der Waals surface area contributed by atoms with E-state index in [0.29, 0.717) is 70.3 Å². The lowest BCUT2D eigenvalue weighted by Gasteiger charge is -2.32. The number of hydrogen-bond donors (Lipinski definition) is 2. The predicted octanol–water partition coefficient (Wildman–Crippen LogP) is 1.26. The highest BCUT2D eigenvalue weighted by molar-refractivity contribution is 5.98. The highest BCUT2D eigenvalue weighted by atomic mass is 16.5. The quantitative estimate of drug-likeness (QED) is 0.660. The number of morpholine rings is 1. The fraction of sp³-hybridized carbons (Fsp3) is 0.625. The zero-order chi connectivity index (χ0) is 24.6. The van der Waals surface area contributed by atoms with Gasteiger partial charge in [-0.2, -0.15) is 0 Å². The van der Waals surface area contributed by atoms with Crippen LogP contribution < -0.4 is 15.5 Å². The minimum Gasteiger partial charge on any atom is -0.453 e. The van der Waals surface area contributed by atoms with Crippen LogP contribution in [0.1, 0.15) is 23.2 Å². The number of anilines is 2. The standard InChI is InChI=1S/C24H36N6O5/c1-34-23(32)26-20-18-19(22(31)28-8-2-6-25-7-11-28)4-5-21(20)27-9-3-10-29(13-12-27)24(33)30-14-16-35-17-15-30/h4-5,18,25H,2-3,6-17H2,1H3,(H,26,32). The molecule has 0 aromatic heterocycles. The van der Waals surface area contributed by atoms with Gasteiger partial charge in [-0.05, 0) is 37.6 Å². The van der Waals surface area contributed by atoms with Crippen molar-refractivity contribution in [2.24, 2.45) is 0 Å². The van der Waals surface area contributed by atoms with Gasteiger partial charge in [-0.25, -0.2) is 9.59 Å². The van der Waals surface area contributed by atoms with E-state index < -0.39 is 6.09 Å². The van der Waals surface area contributed by atoms with Gasteiger partial charge in [0.05, 0.1) is 31.7 Å². The number of amides is 4. The topological polar surface area (TPSA) is 107 Å². The van der Waals surface area contributed by atoms with Crippen LogP contribution in [0.4, 0.5) is 21.0 Å². The fourth-order valence-corrected chi connectivity index (χ4v) is 4.74. The zero-order valence-corrected chi connectivity index (χ0v) is 20.5. The molecule has 11 nitrogen and oxygen atoms in total. The Bertz CT molecular complexity index is 898. The Labute approximate surface area is 206 Å². The number of ether oxygens (including phenoxy) is 2. The summed E-state index contributed by atoms with van der Waals surface area (Å²) in [4.78, 5) is 46.0. The van der Waals surface area contributed by atoms with E-state index in [9.17, 15) is 14.4 Å². The fourth-order valence-electron chi connectivity index (χ4n) is 4.74. The van der Waals surface area contributed by atoms with Crippen LogP contribution in [-0.2, 0) is 9.47 Å². The van der Waals surface area contributed by atoms with Crippen LogP contribution in [0, 0.1) is 0 Å². The van der Waals surface area contributed by atoms with Gasteiger partial charge in [-0.3, -0.25) is 10.1 Å². The van der Waals surface area contributed by atoms with E-state index in [1.807, 2.05) is 26.8 Å². The van der Waals surface area contributed by atoms with Crippen molar-refractivity contribution in [2.45, 2.75) is 12.8 Å². The van der Waals surface area contributed by atoms with Crippen LogP contribution in [-0.4, -0.2) is 119 Å². The first kappa shape index (κ1) is 25.1. The third kappa shape index (κ3) is 6.34. The van der Waals surface area contributed by atoms with Gasteiger partial charge in [0.15, 0.2) is 0 Å². The van der Waals surface area contributed by atoms with Gasteiger partial charge in [0.25, 0.3) is 5.91 Å². The third-order valence-corrected chi connectivity index (χ3v) is 6.68. The van der Waals surface area contributed by atoms with Crippen LogP contribution in [0.3, 0.4) is 0 Å². The second-order valence-corrected chi connectivity index (χ2v) is 8.95. The van der Waals surface area contributed by atoms with E-state index in [-0.39, 0.29) is 11.9 Å². The number of benzene rings is 1. The minimum absolute atomic E-state index is 0.0497. The van der Waals surface area contributed by atoms with Crippen molar-refractivity contribution < 1.29 is 23.9 Å². The maximum atomic E-state index is 13.2. The molecule has 0 spiro atoms. The first-order valence-electron chi connectivity index (χ1n) is 12.4. The molecule has 192 valence electrons. The minimum atomic E-state index is -0.589. The van der Waals surface area contributed by atoms with Crippen molar-refractivity contribution in [3.63, 3.8) is 0 Å². The Morgan fingerprint density at radius 3 is 2.46 bits per heavy atom. The van der Waals surface area contributed by atoms with Gasteiger partial charge in [0, 0.05) is 64.5 Å². The molecule has 0 radical (unpaired) electrons. The molecule has 2 N–H and O–H groups in total. The average Bonchev–Trinajstić information content (AvgIpc) is 3.32. The highest BCUT2D eigenvalue weighted by Gasteiger charge is 2.27. The molecule has 35 heavy (non-hydrogen) atoms. The van der Waals surface area contributed by atoms with Gasteiger partial charge in [-0.15, -0.1) is 0 Å². The molecule has 4 amide bonds. The second kappa shape index (κ2) is 12.1. The summed E-state index contributed by atoms with van der Waals surface area (Å²) in [5.41, 5.74) is 1.87. The zero-order valence-electron chi connectivity index (χ0n) is 20.5. The lowest BCUT2D eigenvalue weighted by molar-refractivity contribution is 0.0438. The summed E-state index contributed by atoms with van der Waals surface area (Å²) in [7, 11) is 1.31. The van der Waals surface area contributed by atoms with Gasteiger partial charge in [0.1, 0.15) is 0 Å². The van der Waals surface area contributed by atoms with E-state index in [1.54, 1.807) is 6.07 Å². The average molecular weight is 489 g/mol. The van der Waals surface area contributed by atoms with Crippen molar-refractivity contribution in [3.8, 4) is 0 Å². The number of carbonyl (C=O) groups is 3. The molecule has 11 heteroatoms. The van der Waals surface area contributed by atoms with Crippen LogP contribution in [0.15, 0.2) is 18.2 Å². The monoisotopic (exact) mass is 488 g/mol. The lowest BCUT2D eigenvalue weighted by Crippen LogP contribution is -2.49. The molecule has 0 unspecified atom stereocenters. The maximum absolute atomic E-state index is 13.2. The Kier molecular flexibility index (Phi) is 8.64. The molecule has 3 saturated heterocycles. The number of methoxy groups -OCH3 is 1. The van der Waals surface area contributed by atoms with Crippen LogP contribution in [0.5, 0.6) is 0 Å². The van der Waals surface area contributed by atoms with Crippen molar-refractivity contribution in [3.05, 3.63) is 23.8 Å². The molecule has 4 rings (SSSR count). The molecule has 0 bridgehead atoms. The normalized spacial score (nSPS) is 19.6. The number of hydrogen-bond acceptors (Lipinski definition) is 7. The number of rotatable bonds is 3. The molecule has 3 fully saturated rings. The maximum Gasteiger partial charge on any atom is 0.411 e. The smallest absolute Gasteiger partial charge is 0.411 e. The summed E-state index contributed by atoms with van der Waals surface area (Å²) in [6.45, 7) is 8.02. The summed E-state index contributed by atoms with van der Waals surface area (Å²) in [5, 5.41) is 6.09. The van der Waals surface area contributed by atoms with E-state index >= 15 is 0 Å². The third-order valence-electron chi connectivity index (χ3n) is 6.68. The Morgan fingerprint density at radius 1 is 0.886 bits per heavy atom.